The second-order valence-electron chi connectivity index (χ2n) is 12.0. The lowest BCUT2D eigenvalue weighted by Gasteiger charge is -2.62. The smallest absolute Gasteiger partial charge is 0.0618 e. The molecule has 0 N–H and O–H groups in total. The van der Waals surface area contributed by atoms with Crippen LogP contribution in [0, 0.1) is 40.4 Å². The van der Waals surface area contributed by atoms with Crippen LogP contribution in [-0.2, 0) is 4.74 Å². The molecule has 158 valence electrons. The Bertz CT molecular complexity index is 505. The topological polar surface area (TPSA) is 9.23 Å². The molecule has 0 spiro atoms. The Kier molecular flexibility index (Phi) is 6.14. The second-order valence-corrected chi connectivity index (χ2v) is 12.0. The summed E-state index contributed by atoms with van der Waals surface area (Å²) in [6, 6.07) is 0. The monoisotopic (exact) mass is 376 g/mol. The van der Waals surface area contributed by atoms with Crippen LogP contribution in [-0.4, -0.2) is 11.7 Å². The predicted molar refractivity (Wildman–Crippen MR) is 117 cm³/mol. The third kappa shape index (κ3) is 3.88. The summed E-state index contributed by atoms with van der Waals surface area (Å²) in [5.41, 5.74) is 1.20. The number of hydrogen-bond acceptors (Lipinski definition) is 1. The van der Waals surface area contributed by atoms with Gasteiger partial charge in [-0.1, -0.05) is 47.5 Å². The quantitative estimate of drug-likeness (QED) is 0.452. The van der Waals surface area contributed by atoms with Crippen molar-refractivity contribution in [1.29, 1.82) is 0 Å². The van der Waals surface area contributed by atoms with E-state index in [1.807, 2.05) is 13.8 Å². The Labute approximate surface area is 170 Å². The number of hydrogen-bond donors (Lipinski definition) is 0. The van der Waals surface area contributed by atoms with Crippen molar-refractivity contribution in [3.63, 3.8) is 0 Å². The first-order valence-corrected chi connectivity index (χ1v) is 12.3. The lowest BCUT2D eigenvalue weighted by atomic mass is 9.44. The van der Waals surface area contributed by atoms with Crippen molar-refractivity contribution >= 4 is 0 Å². The third-order valence-electron chi connectivity index (χ3n) is 9.07. The summed E-state index contributed by atoms with van der Waals surface area (Å²) in [5, 5.41) is 0. The molecule has 0 amide bonds. The molecule has 0 heterocycles. The van der Waals surface area contributed by atoms with Crippen LogP contribution in [0.4, 0.5) is 0 Å². The molecule has 0 aromatic rings. The molecular formula is C26H48O. The first-order chi connectivity index (χ1) is 12.6. The zero-order chi connectivity index (χ0) is 20.0. The maximum absolute atomic E-state index is 6.83. The fraction of sp³-hybridized carbons (Fsp3) is 1.00. The molecule has 0 radical (unpaired) electrons. The van der Waals surface area contributed by atoms with Crippen molar-refractivity contribution in [2.24, 2.45) is 40.4 Å². The largest absolute Gasteiger partial charge is 0.372 e. The zero-order valence-electron chi connectivity index (χ0n) is 19.7. The van der Waals surface area contributed by atoms with E-state index in [1.54, 1.807) is 0 Å². The van der Waals surface area contributed by atoms with Gasteiger partial charge in [-0.2, -0.15) is 0 Å². The van der Waals surface area contributed by atoms with Gasteiger partial charge in [-0.05, 0) is 106 Å². The van der Waals surface area contributed by atoms with E-state index in [9.17, 15) is 0 Å². The van der Waals surface area contributed by atoms with Gasteiger partial charge in [0.15, 0.2) is 0 Å². The molecule has 0 aromatic heterocycles. The van der Waals surface area contributed by atoms with Crippen LogP contribution in [0.5, 0.6) is 0 Å². The van der Waals surface area contributed by atoms with Crippen LogP contribution in [0.2, 0.25) is 0 Å². The minimum atomic E-state index is -0.00427. The normalized spacial score (nSPS) is 49.3. The van der Waals surface area contributed by atoms with Crippen molar-refractivity contribution < 1.29 is 4.74 Å². The van der Waals surface area contributed by atoms with Crippen molar-refractivity contribution in [3.05, 3.63) is 0 Å². The van der Waals surface area contributed by atoms with E-state index in [2.05, 4.69) is 41.5 Å². The highest BCUT2D eigenvalue weighted by Crippen LogP contribution is 2.67. The molecule has 4 fully saturated rings. The van der Waals surface area contributed by atoms with Crippen LogP contribution in [0.1, 0.15) is 113 Å². The van der Waals surface area contributed by atoms with Crippen molar-refractivity contribution in [2.75, 3.05) is 0 Å². The molecule has 1 nitrogen and oxygen atoms in total. The van der Waals surface area contributed by atoms with Crippen LogP contribution in [0.3, 0.4) is 0 Å². The lowest BCUT2D eigenvalue weighted by Crippen LogP contribution is -2.58. The molecule has 5 unspecified atom stereocenters. The number of ether oxygens (including phenoxy) is 1. The van der Waals surface area contributed by atoms with Gasteiger partial charge in [0.1, 0.15) is 0 Å². The van der Waals surface area contributed by atoms with Gasteiger partial charge in [0.05, 0.1) is 11.7 Å². The van der Waals surface area contributed by atoms with E-state index in [0.29, 0.717) is 16.9 Å². The third-order valence-corrected chi connectivity index (χ3v) is 9.07. The summed E-state index contributed by atoms with van der Waals surface area (Å²) < 4.78 is 6.83. The maximum Gasteiger partial charge on any atom is 0.0618 e. The highest BCUT2D eigenvalue weighted by Gasteiger charge is 2.61. The van der Waals surface area contributed by atoms with Crippen molar-refractivity contribution in [2.45, 2.75) is 125 Å². The number of fused-ring (bicyclic) bond motifs is 5. The van der Waals surface area contributed by atoms with Crippen LogP contribution in [0.15, 0.2) is 0 Å². The Balaban J connectivity index is 0.00000102. The SMILES string of the molecule is CC.CC1CC2C3C(CC[C@]2(C)C1)[C@@]1(C)CCCCC1C[C@@H]3OC(C)(C)C. The Morgan fingerprint density at radius 3 is 2.26 bits per heavy atom. The number of rotatable bonds is 1. The van der Waals surface area contributed by atoms with Gasteiger partial charge in [0, 0.05) is 0 Å². The molecule has 0 saturated heterocycles. The van der Waals surface area contributed by atoms with Gasteiger partial charge >= 0.3 is 0 Å². The van der Waals surface area contributed by atoms with E-state index in [0.717, 1.165) is 29.6 Å². The minimum Gasteiger partial charge on any atom is -0.372 e. The molecule has 0 aromatic carbocycles. The van der Waals surface area contributed by atoms with E-state index >= 15 is 0 Å². The van der Waals surface area contributed by atoms with Gasteiger partial charge in [0.25, 0.3) is 0 Å². The summed E-state index contributed by atoms with van der Waals surface area (Å²) in [6.45, 7) is 18.6. The van der Waals surface area contributed by atoms with Crippen LogP contribution >= 0.6 is 0 Å². The maximum atomic E-state index is 6.83. The van der Waals surface area contributed by atoms with Crippen LogP contribution < -0.4 is 0 Å². The molecule has 27 heavy (non-hydrogen) atoms. The van der Waals surface area contributed by atoms with Gasteiger partial charge in [-0.25, -0.2) is 0 Å². The second kappa shape index (κ2) is 7.66. The van der Waals surface area contributed by atoms with Gasteiger partial charge in [0.2, 0.25) is 0 Å². The highest BCUT2D eigenvalue weighted by molar-refractivity contribution is 5.10. The fourth-order valence-electron chi connectivity index (χ4n) is 8.23. The molecule has 4 aliphatic carbocycles. The van der Waals surface area contributed by atoms with E-state index < -0.39 is 0 Å². The van der Waals surface area contributed by atoms with Crippen molar-refractivity contribution in [3.8, 4) is 0 Å². The molecule has 0 aliphatic heterocycles. The summed E-state index contributed by atoms with van der Waals surface area (Å²) >= 11 is 0. The van der Waals surface area contributed by atoms with Crippen LogP contribution in [0.25, 0.3) is 0 Å². The minimum absolute atomic E-state index is 0.00427. The molecule has 0 bridgehead atoms. The highest BCUT2D eigenvalue weighted by atomic mass is 16.5. The summed E-state index contributed by atoms with van der Waals surface area (Å²) in [6.07, 6.45) is 13.6. The Hall–Kier alpha value is -0.0400. The standard InChI is InChI=1S/C24H42O.C2H6/c1-16-13-19-21-18(10-12-23(19,5)15-16)24(6)11-8-7-9-17(24)14-20(21)25-22(2,3)4;1-2/h16-21H,7-15H2,1-6H3;1-2H3/t16?,17?,18?,19?,20-,21?,23+,24-;/m0./s1. The zero-order valence-corrected chi connectivity index (χ0v) is 19.7. The predicted octanol–water partition coefficient (Wildman–Crippen LogP) is 7.88. The van der Waals surface area contributed by atoms with E-state index in [-0.39, 0.29) is 5.60 Å². The molecule has 4 rings (SSSR count). The Morgan fingerprint density at radius 2 is 1.59 bits per heavy atom. The molecular weight excluding hydrogens is 328 g/mol. The molecule has 1 heteroatoms. The summed E-state index contributed by atoms with van der Waals surface area (Å²) in [7, 11) is 0. The molecule has 8 atom stereocenters. The van der Waals surface area contributed by atoms with E-state index in [4.69, 9.17) is 4.74 Å². The van der Waals surface area contributed by atoms with Gasteiger partial charge in [-0.3, -0.25) is 0 Å². The summed E-state index contributed by atoms with van der Waals surface area (Å²) in [5.74, 6) is 4.48. The lowest BCUT2D eigenvalue weighted by molar-refractivity contribution is -0.202. The van der Waals surface area contributed by atoms with Crippen molar-refractivity contribution in [1.82, 2.24) is 0 Å². The first-order valence-electron chi connectivity index (χ1n) is 12.3. The Morgan fingerprint density at radius 1 is 0.889 bits per heavy atom. The van der Waals surface area contributed by atoms with Gasteiger partial charge in [-0.15, -0.1) is 0 Å². The fourth-order valence-corrected chi connectivity index (χ4v) is 8.23. The van der Waals surface area contributed by atoms with Gasteiger partial charge < -0.3 is 4.74 Å². The molecule has 4 aliphatic rings. The van der Waals surface area contributed by atoms with E-state index in [1.165, 1.54) is 57.8 Å². The average molecular weight is 377 g/mol. The summed E-state index contributed by atoms with van der Waals surface area (Å²) in [4.78, 5) is 0. The average Bonchev–Trinajstić information content (AvgIpc) is 2.89. The first kappa shape index (κ1) is 21.7. The molecule has 4 saturated carbocycles.